The molecule has 0 aliphatic heterocycles. The molecule has 5 heavy (non-hydrogen) atoms. The number of carboxylic acid groups (broad SMARTS) is 2. The summed E-state index contributed by atoms with van der Waals surface area (Å²) >= 11 is 0. The smallest absolute Gasteiger partial charge is 0 e. The van der Waals surface area contributed by atoms with Gasteiger partial charge in [0.1, 0.15) is 0 Å². The minimum atomic E-state index is -2.33. The van der Waals surface area contributed by atoms with Crippen molar-refractivity contribution < 1.29 is 15.0 Å². The largest absolute Gasteiger partial charge is 0.652 e. The maximum Gasteiger partial charge on any atom is 0 e. The van der Waals surface area contributed by atoms with E-state index in [1.165, 1.54) is 0 Å². The van der Waals surface area contributed by atoms with Crippen molar-refractivity contribution in [1.29, 1.82) is 0 Å². The van der Waals surface area contributed by atoms with Crippen LogP contribution in [0.4, 0.5) is 4.79 Å². The Balaban J connectivity index is 0. The zero-order valence-corrected chi connectivity index (χ0v) is 6.11. The molecule has 4 heteroatoms. The molecule has 0 aromatic carbocycles. The molecule has 0 spiro atoms. The topological polar surface area (TPSA) is 63.2 Å². The van der Waals surface area contributed by atoms with Gasteiger partial charge in [0.2, 0.25) is 0 Å². The fourth-order valence-corrected chi connectivity index (χ4v) is 0. The minimum Gasteiger partial charge on any atom is -0.652 e. The number of hydrogen-bond donors (Lipinski definition) is 0. The van der Waals surface area contributed by atoms with Gasteiger partial charge < -0.3 is 15.0 Å². The molecule has 0 rings (SSSR count). The van der Waals surface area contributed by atoms with E-state index in [0.29, 0.717) is 0 Å². The van der Waals surface area contributed by atoms with Crippen molar-refractivity contribution in [2.45, 2.75) is 0 Å². The van der Waals surface area contributed by atoms with E-state index in [1.807, 2.05) is 0 Å². The van der Waals surface area contributed by atoms with Crippen LogP contribution in [0.3, 0.4) is 0 Å². The van der Waals surface area contributed by atoms with E-state index in [4.69, 9.17) is 15.0 Å². The van der Waals surface area contributed by atoms with Gasteiger partial charge in [0.05, 0.1) is 0 Å². The van der Waals surface area contributed by atoms with Crippen LogP contribution in [0.15, 0.2) is 0 Å². The SMILES string of the molecule is O=C([O-])[O-].[Pb]. The van der Waals surface area contributed by atoms with E-state index in [9.17, 15) is 0 Å². The van der Waals surface area contributed by atoms with Crippen LogP contribution in [0.5, 0.6) is 0 Å². The molecular formula is CO3Pb-2. The normalized spacial score (nSPS) is 4.80. The van der Waals surface area contributed by atoms with Gasteiger partial charge in [-0.1, -0.05) is 0 Å². The summed E-state index contributed by atoms with van der Waals surface area (Å²) in [4.78, 5) is 8.33. The summed E-state index contributed by atoms with van der Waals surface area (Å²) in [6.45, 7) is 0. The number of carbonyl (C=O) groups excluding carboxylic acids is 1. The zero-order chi connectivity index (χ0) is 3.58. The molecule has 3 nitrogen and oxygen atoms in total. The van der Waals surface area contributed by atoms with Gasteiger partial charge >= 0.3 is 0 Å². The summed E-state index contributed by atoms with van der Waals surface area (Å²) in [5.74, 6) is 0. The van der Waals surface area contributed by atoms with Crippen LogP contribution in [0, 0.1) is 0 Å². The van der Waals surface area contributed by atoms with Crippen LogP contribution in [0.25, 0.3) is 0 Å². The molecule has 0 aromatic rings. The first-order chi connectivity index (χ1) is 1.73. The van der Waals surface area contributed by atoms with Crippen LogP contribution >= 0.6 is 0 Å². The molecule has 0 atom stereocenters. The molecule has 0 saturated carbocycles. The van der Waals surface area contributed by atoms with Gasteiger partial charge in [0, 0.05) is 27.3 Å². The first kappa shape index (κ1) is 8.95. The Kier molecular flexibility index (Phi) is 7.51. The second-order valence-electron chi connectivity index (χ2n) is 0.250. The van der Waals surface area contributed by atoms with Crippen molar-refractivity contribution in [2.75, 3.05) is 0 Å². The molecule has 0 saturated heterocycles. The fourth-order valence-electron chi connectivity index (χ4n) is 0. The van der Waals surface area contributed by atoms with Crippen molar-refractivity contribution >= 4 is 33.5 Å². The van der Waals surface area contributed by atoms with Gasteiger partial charge in [-0.05, 0) is 6.16 Å². The van der Waals surface area contributed by atoms with E-state index < -0.39 is 6.16 Å². The van der Waals surface area contributed by atoms with Crippen LogP contribution in [-0.4, -0.2) is 33.5 Å². The predicted molar refractivity (Wildman–Crippen MR) is 11.1 cm³/mol. The third-order valence-corrected chi connectivity index (χ3v) is 0. The zero-order valence-electron chi connectivity index (χ0n) is 2.22. The van der Waals surface area contributed by atoms with E-state index in [2.05, 4.69) is 0 Å². The van der Waals surface area contributed by atoms with Crippen LogP contribution in [-0.2, 0) is 0 Å². The van der Waals surface area contributed by atoms with Crippen molar-refractivity contribution in [3.63, 3.8) is 0 Å². The van der Waals surface area contributed by atoms with Gasteiger partial charge in [0.25, 0.3) is 0 Å². The van der Waals surface area contributed by atoms with Crippen molar-refractivity contribution in [3.8, 4) is 0 Å². The maximum absolute atomic E-state index is 8.33. The Morgan fingerprint density at radius 1 is 1.40 bits per heavy atom. The van der Waals surface area contributed by atoms with Gasteiger partial charge in [-0.15, -0.1) is 0 Å². The first-order valence-electron chi connectivity index (χ1n) is 0.612. The van der Waals surface area contributed by atoms with E-state index in [1.54, 1.807) is 0 Å². The average Bonchev–Trinajstić information content (AvgIpc) is 0.811. The molecule has 0 unspecified atom stereocenters. The Bertz CT molecular complexity index is 29.9. The Labute approximate surface area is 48.8 Å². The van der Waals surface area contributed by atoms with Gasteiger partial charge in [0.15, 0.2) is 0 Å². The van der Waals surface area contributed by atoms with Crippen LogP contribution in [0.2, 0.25) is 0 Å². The molecular weight excluding hydrogens is 267 g/mol. The Morgan fingerprint density at radius 2 is 1.40 bits per heavy atom. The first-order valence-corrected chi connectivity index (χ1v) is 0.612. The molecule has 0 aliphatic carbocycles. The second kappa shape index (κ2) is 4.19. The minimum absolute atomic E-state index is 0. The van der Waals surface area contributed by atoms with Gasteiger partial charge in [-0.3, -0.25) is 0 Å². The Hall–Kier alpha value is 0.192. The van der Waals surface area contributed by atoms with Crippen LogP contribution < -0.4 is 10.2 Å². The van der Waals surface area contributed by atoms with Gasteiger partial charge in [-0.2, -0.15) is 0 Å². The molecule has 4 radical (unpaired) electrons. The number of rotatable bonds is 0. The summed E-state index contributed by atoms with van der Waals surface area (Å²) in [7, 11) is 0. The standard InChI is InChI=1S/CH2O3.Pb/c2-1(3)4;/h(H2,2,3,4);/p-2. The monoisotopic (exact) mass is 268 g/mol. The average molecular weight is 267 g/mol. The third-order valence-electron chi connectivity index (χ3n) is 0. The number of hydrogen-bond acceptors (Lipinski definition) is 3. The number of carbonyl (C=O) groups is 1. The Morgan fingerprint density at radius 3 is 1.40 bits per heavy atom. The van der Waals surface area contributed by atoms with Crippen molar-refractivity contribution in [2.24, 2.45) is 0 Å². The molecule has 0 N–H and O–H groups in total. The summed E-state index contributed by atoms with van der Waals surface area (Å²) in [6.07, 6.45) is -2.33. The summed E-state index contributed by atoms with van der Waals surface area (Å²) < 4.78 is 0. The van der Waals surface area contributed by atoms with E-state index in [0.717, 1.165) is 0 Å². The molecule has 0 aromatic heterocycles. The summed E-state index contributed by atoms with van der Waals surface area (Å²) in [5, 5.41) is 16.7. The quantitative estimate of drug-likeness (QED) is 0.445. The van der Waals surface area contributed by atoms with E-state index >= 15 is 0 Å². The molecule has 0 fully saturated rings. The molecule has 0 amide bonds. The predicted octanol–water partition coefficient (Wildman–Crippen LogP) is -2.83. The summed E-state index contributed by atoms with van der Waals surface area (Å²) in [5.41, 5.74) is 0. The van der Waals surface area contributed by atoms with Crippen molar-refractivity contribution in [3.05, 3.63) is 0 Å². The third kappa shape index (κ3) is 546. The molecule has 0 bridgehead atoms. The second-order valence-corrected chi connectivity index (χ2v) is 0.250. The molecule has 0 aliphatic rings. The molecule has 28 valence electrons. The summed E-state index contributed by atoms with van der Waals surface area (Å²) in [6, 6.07) is 0. The van der Waals surface area contributed by atoms with Gasteiger partial charge in [-0.25, -0.2) is 0 Å². The van der Waals surface area contributed by atoms with Crippen LogP contribution in [0.1, 0.15) is 0 Å². The van der Waals surface area contributed by atoms with Crippen molar-refractivity contribution in [1.82, 2.24) is 0 Å². The maximum atomic E-state index is 8.33. The molecule has 0 heterocycles. The fraction of sp³-hybridized carbons (Fsp3) is 0. The van der Waals surface area contributed by atoms with E-state index in [-0.39, 0.29) is 27.3 Å².